The van der Waals surface area contributed by atoms with Crippen molar-refractivity contribution in [2.45, 2.75) is 12.4 Å². The molecule has 0 amide bonds. The molecule has 0 atom stereocenters. The zero-order valence-corrected chi connectivity index (χ0v) is 10.7. The number of aromatic carboxylic acids is 1. The van der Waals surface area contributed by atoms with Crippen molar-refractivity contribution in [3.8, 4) is 0 Å². The summed E-state index contributed by atoms with van der Waals surface area (Å²) in [7, 11) is 0. The molecule has 0 saturated heterocycles. The second kappa shape index (κ2) is 4.59. The number of imidazole rings is 1. The van der Waals surface area contributed by atoms with Crippen LogP contribution in [0.25, 0.3) is 11.0 Å². The average Bonchev–Trinajstić information content (AvgIpc) is 2.70. The lowest BCUT2D eigenvalue weighted by atomic mass is 10.2. The Morgan fingerprint density at radius 3 is 2.89 bits per heavy atom. The van der Waals surface area contributed by atoms with Crippen LogP contribution in [0.4, 0.5) is 0 Å². The van der Waals surface area contributed by atoms with Gasteiger partial charge in [0.25, 0.3) is 0 Å². The van der Waals surface area contributed by atoms with Crippen molar-refractivity contribution in [2.24, 2.45) is 0 Å². The van der Waals surface area contributed by atoms with Gasteiger partial charge < -0.3 is 14.4 Å². The number of carboxylic acid groups (broad SMARTS) is 1. The molecule has 1 aliphatic heterocycles. The second-order valence-electron chi connectivity index (χ2n) is 4.24. The van der Waals surface area contributed by atoms with Crippen LogP contribution in [0.1, 0.15) is 16.2 Å². The van der Waals surface area contributed by atoms with Gasteiger partial charge in [0.1, 0.15) is 18.2 Å². The van der Waals surface area contributed by atoms with Crippen molar-refractivity contribution < 1.29 is 14.6 Å². The highest BCUT2D eigenvalue weighted by molar-refractivity contribution is 6.16. The molecule has 1 aromatic heterocycles. The van der Waals surface area contributed by atoms with Gasteiger partial charge in [0, 0.05) is 0 Å². The van der Waals surface area contributed by atoms with E-state index in [-0.39, 0.29) is 11.4 Å². The number of ether oxygens (including phenoxy) is 1. The molecule has 3 rings (SSSR count). The number of carbonyl (C=O) groups is 1. The fourth-order valence-electron chi connectivity index (χ4n) is 2.05. The van der Waals surface area contributed by atoms with Gasteiger partial charge in [-0.2, -0.15) is 0 Å². The molecule has 0 radical (unpaired) electrons. The van der Waals surface area contributed by atoms with Gasteiger partial charge in [0.05, 0.1) is 29.0 Å². The van der Waals surface area contributed by atoms with Gasteiger partial charge in [-0.05, 0) is 24.3 Å². The lowest BCUT2D eigenvalue weighted by Crippen LogP contribution is -2.13. The van der Waals surface area contributed by atoms with Gasteiger partial charge in [0.2, 0.25) is 0 Å². The Morgan fingerprint density at radius 2 is 2.32 bits per heavy atom. The number of hydrogen-bond acceptors (Lipinski definition) is 3. The minimum absolute atomic E-state index is 0.235. The van der Waals surface area contributed by atoms with E-state index in [1.54, 1.807) is 18.2 Å². The number of halogens is 1. The van der Waals surface area contributed by atoms with E-state index in [4.69, 9.17) is 21.4 Å². The molecule has 0 fully saturated rings. The van der Waals surface area contributed by atoms with Gasteiger partial charge in [-0.1, -0.05) is 0 Å². The number of aromatic nitrogens is 2. The van der Waals surface area contributed by atoms with E-state index < -0.39 is 5.97 Å². The summed E-state index contributed by atoms with van der Waals surface area (Å²) < 4.78 is 7.17. The van der Waals surface area contributed by atoms with Crippen molar-refractivity contribution >= 4 is 28.6 Å². The monoisotopic (exact) mass is 278 g/mol. The van der Waals surface area contributed by atoms with E-state index in [1.165, 1.54) is 0 Å². The first kappa shape index (κ1) is 12.0. The highest BCUT2D eigenvalue weighted by Crippen LogP contribution is 2.22. The van der Waals surface area contributed by atoms with Crippen molar-refractivity contribution in [3.05, 3.63) is 41.4 Å². The Kier molecular flexibility index (Phi) is 2.91. The van der Waals surface area contributed by atoms with Crippen molar-refractivity contribution in [1.29, 1.82) is 0 Å². The van der Waals surface area contributed by atoms with E-state index >= 15 is 0 Å². The van der Waals surface area contributed by atoms with Crippen LogP contribution in [0.2, 0.25) is 0 Å². The first-order valence-corrected chi connectivity index (χ1v) is 6.33. The van der Waals surface area contributed by atoms with Crippen LogP contribution in [0.5, 0.6) is 0 Å². The minimum atomic E-state index is -0.957. The molecule has 1 N–H and O–H groups in total. The van der Waals surface area contributed by atoms with Crippen LogP contribution in [0.15, 0.2) is 30.0 Å². The van der Waals surface area contributed by atoms with Crippen LogP contribution in [-0.4, -0.2) is 27.2 Å². The number of hydrogen-bond donors (Lipinski definition) is 1. The summed E-state index contributed by atoms with van der Waals surface area (Å²) >= 11 is 5.89. The molecule has 2 aromatic rings. The summed E-state index contributed by atoms with van der Waals surface area (Å²) in [5, 5.41) is 9.05. The zero-order valence-electron chi connectivity index (χ0n) is 9.97. The first-order chi connectivity index (χ1) is 9.19. The molecule has 0 spiro atoms. The Morgan fingerprint density at radius 1 is 1.53 bits per heavy atom. The summed E-state index contributed by atoms with van der Waals surface area (Å²) in [4.78, 5) is 15.4. The normalized spacial score (nSPS) is 13.8. The summed E-state index contributed by atoms with van der Waals surface area (Å²) in [6.07, 6.45) is 1.98. The largest absolute Gasteiger partial charge is 0.492 e. The first-order valence-electron chi connectivity index (χ1n) is 5.79. The average molecular weight is 279 g/mol. The Hall–Kier alpha value is -2.01. The van der Waals surface area contributed by atoms with E-state index in [2.05, 4.69) is 4.98 Å². The molecule has 0 bridgehead atoms. The zero-order chi connectivity index (χ0) is 13.4. The minimum Gasteiger partial charge on any atom is -0.492 e. The molecular formula is C13H11ClN2O3. The summed E-state index contributed by atoms with van der Waals surface area (Å²) in [6, 6.07) is 4.85. The Labute approximate surface area is 114 Å². The number of benzene rings is 1. The quantitative estimate of drug-likeness (QED) is 0.872. The highest BCUT2D eigenvalue weighted by atomic mass is 35.5. The maximum atomic E-state index is 11.0. The van der Waals surface area contributed by atoms with Crippen LogP contribution in [0.3, 0.4) is 0 Å². The van der Waals surface area contributed by atoms with Gasteiger partial charge >= 0.3 is 5.97 Å². The predicted octanol–water partition coefficient (Wildman–Crippen LogP) is 2.39. The molecule has 5 nitrogen and oxygen atoms in total. The molecule has 6 heteroatoms. The number of carboxylic acids is 1. The van der Waals surface area contributed by atoms with Gasteiger partial charge in [-0.3, -0.25) is 0 Å². The molecule has 1 aliphatic rings. The van der Waals surface area contributed by atoms with Crippen molar-refractivity contribution in [2.75, 3.05) is 6.61 Å². The van der Waals surface area contributed by atoms with E-state index in [0.717, 1.165) is 16.8 Å². The fourth-order valence-corrected chi connectivity index (χ4v) is 2.26. The van der Waals surface area contributed by atoms with Gasteiger partial charge in [-0.25, -0.2) is 9.78 Å². The number of nitrogens with zero attached hydrogens (tertiary/aromatic N) is 2. The number of fused-ring (bicyclic) bond motifs is 1. The van der Waals surface area contributed by atoms with E-state index in [9.17, 15) is 4.79 Å². The lowest BCUT2D eigenvalue weighted by Gasteiger charge is -2.18. The number of rotatable bonds is 4. The molecule has 98 valence electrons. The van der Waals surface area contributed by atoms with E-state index in [1.807, 2.05) is 10.6 Å². The lowest BCUT2D eigenvalue weighted by molar-refractivity contribution is 0.0697. The van der Waals surface area contributed by atoms with Crippen molar-refractivity contribution in [1.82, 2.24) is 9.55 Å². The van der Waals surface area contributed by atoms with E-state index in [0.29, 0.717) is 19.0 Å². The third-order valence-corrected chi connectivity index (χ3v) is 3.33. The molecule has 0 unspecified atom stereocenters. The predicted molar refractivity (Wildman–Crippen MR) is 70.3 cm³/mol. The Bertz CT molecular complexity index is 690. The molecular weight excluding hydrogens is 268 g/mol. The van der Waals surface area contributed by atoms with Gasteiger partial charge in [-0.15, -0.1) is 11.6 Å². The van der Waals surface area contributed by atoms with Gasteiger partial charge in [0.15, 0.2) is 0 Å². The molecule has 0 saturated carbocycles. The summed E-state index contributed by atoms with van der Waals surface area (Å²) in [5.41, 5.74) is 1.73. The van der Waals surface area contributed by atoms with Crippen LogP contribution in [0, 0.1) is 0 Å². The van der Waals surface area contributed by atoms with Crippen LogP contribution in [-0.2, 0) is 17.2 Å². The maximum absolute atomic E-state index is 11.0. The van der Waals surface area contributed by atoms with Crippen LogP contribution >= 0.6 is 11.6 Å². The molecule has 2 heterocycles. The SMILES string of the molecule is O=C(O)c1ccc2nc(CCl)n(CC3=CCO3)c2c1. The van der Waals surface area contributed by atoms with Crippen LogP contribution < -0.4 is 0 Å². The summed E-state index contributed by atoms with van der Waals surface area (Å²) in [5.74, 6) is 0.868. The third kappa shape index (κ3) is 2.06. The standard InChI is InChI=1S/C13H11ClN2O3/c14-6-12-15-10-2-1-8(13(17)18)5-11(10)16(12)7-9-3-4-19-9/h1-3,5H,4,6-7H2,(H,17,18). The maximum Gasteiger partial charge on any atom is 0.335 e. The molecule has 19 heavy (non-hydrogen) atoms. The molecule has 1 aromatic carbocycles. The number of alkyl halides is 1. The topological polar surface area (TPSA) is 64.3 Å². The third-order valence-electron chi connectivity index (χ3n) is 3.09. The Balaban J connectivity index is 2.14. The smallest absolute Gasteiger partial charge is 0.335 e. The van der Waals surface area contributed by atoms with Crippen molar-refractivity contribution in [3.63, 3.8) is 0 Å². The summed E-state index contributed by atoms with van der Waals surface area (Å²) in [6.45, 7) is 1.15. The number of allylic oxidation sites excluding steroid dienone is 1. The second-order valence-corrected chi connectivity index (χ2v) is 4.51. The highest BCUT2D eigenvalue weighted by Gasteiger charge is 2.16. The fraction of sp³-hybridized carbons (Fsp3) is 0.231. The molecule has 0 aliphatic carbocycles.